The lowest BCUT2D eigenvalue weighted by molar-refractivity contribution is -0.145. The van der Waals surface area contributed by atoms with Crippen LogP contribution in [0.25, 0.3) is 0 Å². The summed E-state index contributed by atoms with van der Waals surface area (Å²) in [4.78, 5) is 26.5. The van der Waals surface area contributed by atoms with Gasteiger partial charge in [-0.15, -0.1) is 0 Å². The number of primary amides is 1. The Hall–Kier alpha value is -1.06. The minimum absolute atomic E-state index is 0.00661. The van der Waals surface area contributed by atoms with Gasteiger partial charge in [-0.25, -0.2) is 0 Å². The minimum Gasteiger partial charge on any atom is -0.369 e. The third-order valence-electron chi connectivity index (χ3n) is 6.50. The summed E-state index contributed by atoms with van der Waals surface area (Å²) in [6, 6.07) is 0.485. The topological polar surface area (TPSA) is 63.4 Å². The molecule has 4 nitrogen and oxygen atoms in total. The Bertz CT molecular complexity index is 429. The van der Waals surface area contributed by atoms with E-state index in [1.165, 1.54) is 25.7 Å². The number of hydrogen-bond acceptors (Lipinski definition) is 2. The van der Waals surface area contributed by atoms with E-state index in [0.717, 1.165) is 44.6 Å². The summed E-state index contributed by atoms with van der Waals surface area (Å²) in [5.41, 5.74) is 5.40. The van der Waals surface area contributed by atoms with E-state index in [9.17, 15) is 9.59 Å². The highest BCUT2D eigenvalue weighted by molar-refractivity contribution is 5.81. The summed E-state index contributed by atoms with van der Waals surface area (Å²) in [5.74, 6) is 1.78. The van der Waals surface area contributed by atoms with Gasteiger partial charge in [-0.05, 0) is 56.8 Å². The standard InChI is InChI=1S/C18H30N2O2/c1-12-10-11-20(16-5-3-2-4-15(12)16)18(22)14-8-6-13(7-9-14)17(19)21/h12-16H,2-11H2,1H3,(H2,19,21)/t12-,13?,14?,15-,16+/m1/s1. The lowest BCUT2D eigenvalue weighted by atomic mass is 9.72. The average molecular weight is 306 g/mol. The van der Waals surface area contributed by atoms with Crippen LogP contribution in [0.2, 0.25) is 0 Å². The third-order valence-corrected chi connectivity index (χ3v) is 6.50. The van der Waals surface area contributed by atoms with Crippen molar-refractivity contribution in [2.24, 2.45) is 29.4 Å². The van der Waals surface area contributed by atoms with E-state index >= 15 is 0 Å². The number of carbonyl (C=O) groups excluding carboxylic acids is 2. The molecule has 3 fully saturated rings. The van der Waals surface area contributed by atoms with Gasteiger partial charge in [-0.3, -0.25) is 9.59 Å². The molecule has 124 valence electrons. The van der Waals surface area contributed by atoms with Crippen LogP contribution in [0.15, 0.2) is 0 Å². The van der Waals surface area contributed by atoms with Gasteiger partial charge in [0.1, 0.15) is 0 Å². The van der Waals surface area contributed by atoms with Crippen molar-refractivity contribution >= 4 is 11.8 Å². The monoisotopic (exact) mass is 306 g/mol. The summed E-state index contributed by atoms with van der Waals surface area (Å²) >= 11 is 0. The fourth-order valence-corrected chi connectivity index (χ4v) is 5.05. The summed E-state index contributed by atoms with van der Waals surface area (Å²) in [6.45, 7) is 3.31. The summed E-state index contributed by atoms with van der Waals surface area (Å²) in [6.07, 6.45) is 9.52. The maximum absolute atomic E-state index is 13.0. The van der Waals surface area contributed by atoms with Crippen LogP contribution in [0.5, 0.6) is 0 Å². The van der Waals surface area contributed by atoms with Crippen LogP contribution in [-0.2, 0) is 9.59 Å². The average Bonchev–Trinajstić information content (AvgIpc) is 2.55. The normalized spacial score (nSPS) is 39.1. The van der Waals surface area contributed by atoms with Gasteiger partial charge in [0.25, 0.3) is 0 Å². The summed E-state index contributed by atoms with van der Waals surface area (Å²) < 4.78 is 0. The fourth-order valence-electron chi connectivity index (χ4n) is 5.05. The van der Waals surface area contributed by atoms with Gasteiger partial charge in [-0.1, -0.05) is 19.8 Å². The fraction of sp³-hybridized carbons (Fsp3) is 0.889. The van der Waals surface area contributed by atoms with Crippen molar-refractivity contribution in [1.29, 1.82) is 0 Å². The van der Waals surface area contributed by atoms with Crippen molar-refractivity contribution in [3.05, 3.63) is 0 Å². The molecule has 0 aromatic carbocycles. The predicted molar refractivity (Wildman–Crippen MR) is 85.9 cm³/mol. The third kappa shape index (κ3) is 3.02. The van der Waals surface area contributed by atoms with Crippen LogP contribution in [-0.4, -0.2) is 29.3 Å². The van der Waals surface area contributed by atoms with Gasteiger partial charge >= 0.3 is 0 Å². The molecule has 3 aliphatic rings. The molecule has 0 aromatic rings. The Labute approximate surface area is 133 Å². The van der Waals surface area contributed by atoms with Crippen LogP contribution in [0.4, 0.5) is 0 Å². The molecular formula is C18H30N2O2. The number of rotatable bonds is 2. The maximum atomic E-state index is 13.0. The highest BCUT2D eigenvalue weighted by Gasteiger charge is 2.41. The number of carbonyl (C=O) groups is 2. The van der Waals surface area contributed by atoms with E-state index in [1.54, 1.807) is 0 Å². The molecule has 2 aliphatic carbocycles. The van der Waals surface area contributed by atoms with Gasteiger partial charge < -0.3 is 10.6 Å². The molecule has 0 spiro atoms. The second kappa shape index (κ2) is 6.59. The number of fused-ring (bicyclic) bond motifs is 1. The van der Waals surface area contributed by atoms with Crippen LogP contribution >= 0.6 is 0 Å². The zero-order valence-corrected chi connectivity index (χ0v) is 13.8. The molecule has 3 rings (SSSR count). The predicted octanol–water partition coefficient (Wildman–Crippen LogP) is 2.71. The van der Waals surface area contributed by atoms with Gasteiger partial charge in [0.15, 0.2) is 0 Å². The molecule has 2 N–H and O–H groups in total. The first-order valence-electron chi connectivity index (χ1n) is 9.17. The van der Waals surface area contributed by atoms with Gasteiger partial charge in [0.2, 0.25) is 11.8 Å². The Kier molecular flexibility index (Phi) is 4.74. The van der Waals surface area contributed by atoms with E-state index in [0.29, 0.717) is 17.9 Å². The number of hydrogen-bond donors (Lipinski definition) is 1. The number of amides is 2. The first-order valence-corrected chi connectivity index (χ1v) is 9.17. The van der Waals surface area contributed by atoms with E-state index < -0.39 is 0 Å². The second-order valence-corrected chi connectivity index (χ2v) is 7.76. The Morgan fingerprint density at radius 1 is 0.909 bits per heavy atom. The van der Waals surface area contributed by atoms with E-state index in [2.05, 4.69) is 11.8 Å². The van der Waals surface area contributed by atoms with E-state index in [1.807, 2.05) is 0 Å². The summed E-state index contributed by atoms with van der Waals surface area (Å²) in [5, 5.41) is 0. The van der Waals surface area contributed by atoms with Crippen LogP contribution in [0.1, 0.15) is 64.7 Å². The van der Waals surface area contributed by atoms with Crippen molar-refractivity contribution < 1.29 is 9.59 Å². The van der Waals surface area contributed by atoms with Crippen molar-refractivity contribution in [3.63, 3.8) is 0 Å². The second-order valence-electron chi connectivity index (χ2n) is 7.76. The highest BCUT2D eigenvalue weighted by atomic mass is 16.2. The molecular weight excluding hydrogens is 276 g/mol. The van der Waals surface area contributed by atoms with Gasteiger partial charge in [0.05, 0.1) is 0 Å². The number of nitrogens with two attached hydrogens (primary N) is 1. The summed E-state index contributed by atoms with van der Waals surface area (Å²) in [7, 11) is 0. The smallest absolute Gasteiger partial charge is 0.225 e. The van der Waals surface area contributed by atoms with Crippen molar-refractivity contribution in [3.8, 4) is 0 Å². The van der Waals surface area contributed by atoms with Crippen molar-refractivity contribution in [2.45, 2.75) is 70.8 Å². The molecule has 0 unspecified atom stereocenters. The molecule has 0 radical (unpaired) electrons. The number of likely N-dealkylation sites (tertiary alicyclic amines) is 1. The Morgan fingerprint density at radius 3 is 2.23 bits per heavy atom. The van der Waals surface area contributed by atoms with Crippen LogP contribution in [0, 0.1) is 23.7 Å². The molecule has 0 bridgehead atoms. The molecule has 1 saturated heterocycles. The largest absolute Gasteiger partial charge is 0.369 e. The molecule has 1 aliphatic heterocycles. The number of nitrogens with zero attached hydrogens (tertiary/aromatic N) is 1. The maximum Gasteiger partial charge on any atom is 0.225 e. The lowest BCUT2D eigenvalue weighted by Crippen LogP contribution is -2.54. The number of piperidine rings is 1. The quantitative estimate of drug-likeness (QED) is 0.852. The van der Waals surface area contributed by atoms with E-state index in [-0.39, 0.29) is 17.7 Å². The van der Waals surface area contributed by atoms with Gasteiger partial charge in [-0.2, -0.15) is 0 Å². The van der Waals surface area contributed by atoms with Crippen LogP contribution in [0.3, 0.4) is 0 Å². The highest BCUT2D eigenvalue weighted by Crippen LogP contribution is 2.40. The molecule has 22 heavy (non-hydrogen) atoms. The Balaban J connectivity index is 1.63. The molecule has 0 aromatic heterocycles. The van der Waals surface area contributed by atoms with E-state index in [4.69, 9.17) is 5.73 Å². The molecule has 4 heteroatoms. The molecule has 2 amide bonds. The minimum atomic E-state index is -0.190. The molecule has 3 atom stereocenters. The Morgan fingerprint density at radius 2 is 1.55 bits per heavy atom. The molecule has 2 saturated carbocycles. The lowest BCUT2D eigenvalue weighted by Gasteiger charge is -2.48. The molecule has 1 heterocycles. The SMILES string of the molecule is C[C@@H]1CCN(C(=O)C2CCC(C(N)=O)CC2)[C@H]2CCCC[C@H]12. The first kappa shape index (κ1) is 15.8. The van der Waals surface area contributed by atoms with Gasteiger partial charge in [0, 0.05) is 24.4 Å². The van der Waals surface area contributed by atoms with Crippen molar-refractivity contribution in [1.82, 2.24) is 4.90 Å². The van der Waals surface area contributed by atoms with Crippen molar-refractivity contribution in [2.75, 3.05) is 6.54 Å². The zero-order valence-electron chi connectivity index (χ0n) is 13.8. The van der Waals surface area contributed by atoms with Crippen LogP contribution < -0.4 is 5.73 Å². The zero-order chi connectivity index (χ0) is 15.7. The first-order chi connectivity index (χ1) is 10.6.